The van der Waals surface area contributed by atoms with Gasteiger partial charge in [0.25, 0.3) is 5.91 Å². The van der Waals surface area contributed by atoms with Gasteiger partial charge in [0.15, 0.2) is 5.16 Å². The minimum absolute atomic E-state index is 0.0823. The number of hydrogen-bond acceptors (Lipinski definition) is 5. The van der Waals surface area contributed by atoms with Gasteiger partial charge in [-0.3, -0.25) is 4.79 Å². The number of aromatic nitrogens is 2. The molecule has 4 aromatic rings. The lowest BCUT2D eigenvalue weighted by atomic mass is 10.2. The standard InChI is InChI=1S/C20H15N3OS2/c1-13-11-15(25-20-21-9-4-10-22-20)7-8-16(13)23-19(24)18-12-14-5-2-3-6-17(14)26-18/h2-12H,1H3,(H,23,24). The summed E-state index contributed by atoms with van der Waals surface area (Å²) >= 11 is 3.00. The van der Waals surface area contributed by atoms with Crippen molar-refractivity contribution in [3.8, 4) is 0 Å². The van der Waals surface area contributed by atoms with Crippen LogP contribution in [0.25, 0.3) is 10.1 Å². The topological polar surface area (TPSA) is 54.9 Å². The van der Waals surface area contributed by atoms with Gasteiger partial charge in [-0.25, -0.2) is 9.97 Å². The third-order valence-corrected chi connectivity index (χ3v) is 5.84. The molecule has 0 saturated heterocycles. The molecule has 2 aromatic carbocycles. The van der Waals surface area contributed by atoms with Crippen molar-refractivity contribution < 1.29 is 4.79 Å². The summed E-state index contributed by atoms with van der Waals surface area (Å²) in [5.41, 5.74) is 1.81. The number of nitrogens with one attached hydrogen (secondary N) is 1. The highest BCUT2D eigenvalue weighted by Gasteiger charge is 2.12. The fourth-order valence-electron chi connectivity index (χ4n) is 2.56. The molecular weight excluding hydrogens is 362 g/mol. The molecular formula is C20H15N3OS2. The Morgan fingerprint density at radius 3 is 2.62 bits per heavy atom. The van der Waals surface area contributed by atoms with Gasteiger partial charge in [0.1, 0.15) is 0 Å². The van der Waals surface area contributed by atoms with E-state index in [9.17, 15) is 4.79 Å². The molecule has 0 aliphatic rings. The van der Waals surface area contributed by atoms with E-state index in [0.29, 0.717) is 10.0 Å². The maximum absolute atomic E-state index is 12.6. The van der Waals surface area contributed by atoms with Crippen molar-refractivity contribution in [3.05, 3.63) is 77.4 Å². The Morgan fingerprint density at radius 1 is 1.04 bits per heavy atom. The summed E-state index contributed by atoms with van der Waals surface area (Å²) < 4.78 is 1.11. The van der Waals surface area contributed by atoms with Crippen LogP contribution in [0.1, 0.15) is 15.2 Å². The molecule has 0 aliphatic carbocycles. The first-order valence-electron chi connectivity index (χ1n) is 8.04. The number of rotatable bonds is 4. The highest BCUT2D eigenvalue weighted by atomic mass is 32.2. The number of fused-ring (bicyclic) bond motifs is 1. The van der Waals surface area contributed by atoms with E-state index in [1.807, 2.05) is 55.5 Å². The zero-order chi connectivity index (χ0) is 17.9. The van der Waals surface area contributed by atoms with Gasteiger partial charge in [0, 0.05) is 27.7 Å². The van der Waals surface area contributed by atoms with Crippen molar-refractivity contribution in [2.24, 2.45) is 0 Å². The number of thiophene rings is 1. The Kier molecular flexibility index (Phi) is 4.69. The fourth-order valence-corrected chi connectivity index (χ4v) is 4.33. The van der Waals surface area contributed by atoms with Crippen LogP contribution in [-0.4, -0.2) is 15.9 Å². The van der Waals surface area contributed by atoms with Gasteiger partial charge in [-0.05, 0) is 66.0 Å². The van der Waals surface area contributed by atoms with E-state index in [0.717, 1.165) is 26.2 Å². The van der Waals surface area contributed by atoms with E-state index in [2.05, 4.69) is 15.3 Å². The van der Waals surface area contributed by atoms with Crippen LogP contribution in [0.5, 0.6) is 0 Å². The Balaban J connectivity index is 1.51. The number of nitrogens with zero attached hydrogens (tertiary/aromatic N) is 2. The van der Waals surface area contributed by atoms with Crippen molar-refractivity contribution in [3.63, 3.8) is 0 Å². The molecule has 4 rings (SSSR count). The van der Waals surface area contributed by atoms with Crippen molar-refractivity contribution in [1.29, 1.82) is 0 Å². The molecule has 0 fully saturated rings. The van der Waals surface area contributed by atoms with Gasteiger partial charge in [0.05, 0.1) is 4.88 Å². The monoisotopic (exact) mass is 377 g/mol. The highest BCUT2D eigenvalue weighted by molar-refractivity contribution is 7.99. The van der Waals surface area contributed by atoms with Gasteiger partial charge in [-0.15, -0.1) is 11.3 Å². The van der Waals surface area contributed by atoms with Crippen LogP contribution in [0.15, 0.2) is 77.0 Å². The van der Waals surface area contributed by atoms with Gasteiger partial charge in [-0.1, -0.05) is 18.2 Å². The summed E-state index contributed by atoms with van der Waals surface area (Å²) in [6.07, 6.45) is 3.45. The summed E-state index contributed by atoms with van der Waals surface area (Å²) in [5.74, 6) is -0.0823. The van der Waals surface area contributed by atoms with Crippen LogP contribution in [0.4, 0.5) is 5.69 Å². The van der Waals surface area contributed by atoms with Gasteiger partial charge in [-0.2, -0.15) is 0 Å². The van der Waals surface area contributed by atoms with E-state index < -0.39 is 0 Å². The second-order valence-electron chi connectivity index (χ2n) is 5.71. The first-order valence-corrected chi connectivity index (χ1v) is 9.68. The quantitative estimate of drug-likeness (QED) is 0.484. The summed E-state index contributed by atoms with van der Waals surface area (Å²) in [5, 5.41) is 4.80. The normalized spacial score (nSPS) is 10.8. The van der Waals surface area contributed by atoms with Crippen LogP contribution < -0.4 is 5.32 Å². The molecule has 0 atom stereocenters. The minimum atomic E-state index is -0.0823. The number of carbonyl (C=O) groups excluding carboxylic acids is 1. The van der Waals surface area contributed by atoms with Crippen LogP contribution in [0.3, 0.4) is 0 Å². The second-order valence-corrected chi connectivity index (χ2v) is 7.84. The lowest BCUT2D eigenvalue weighted by molar-refractivity contribution is 0.103. The van der Waals surface area contributed by atoms with Crippen molar-refractivity contribution in [2.45, 2.75) is 17.0 Å². The van der Waals surface area contributed by atoms with Crippen molar-refractivity contribution >= 4 is 44.8 Å². The number of benzene rings is 2. The zero-order valence-electron chi connectivity index (χ0n) is 14.0. The average Bonchev–Trinajstić information content (AvgIpc) is 3.09. The Morgan fingerprint density at radius 2 is 1.85 bits per heavy atom. The number of aryl methyl sites for hydroxylation is 1. The Bertz CT molecular complexity index is 1040. The minimum Gasteiger partial charge on any atom is -0.321 e. The third-order valence-electron chi connectivity index (χ3n) is 3.85. The largest absolute Gasteiger partial charge is 0.321 e. The molecule has 0 radical (unpaired) electrons. The third kappa shape index (κ3) is 3.61. The van der Waals surface area contributed by atoms with Gasteiger partial charge in [0.2, 0.25) is 0 Å². The van der Waals surface area contributed by atoms with E-state index in [1.54, 1.807) is 18.5 Å². The van der Waals surface area contributed by atoms with Crippen LogP contribution >= 0.6 is 23.1 Å². The molecule has 2 aromatic heterocycles. The molecule has 0 spiro atoms. The number of carbonyl (C=O) groups is 1. The van der Waals surface area contributed by atoms with Crippen molar-refractivity contribution in [2.75, 3.05) is 5.32 Å². The smallest absolute Gasteiger partial charge is 0.265 e. The molecule has 6 heteroatoms. The first-order chi connectivity index (χ1) is 12.7. The van der Waals surface area contributed by atoms with E-state index in [4.69, 9.17) is 0 Å². The predicted molar refractivity (Wildman–Crippen MR) is 107 cm³/mol. The lowest BCUT2D eigenvalue weighted by Gasteiger charge is -2.09. The van der Waals surface area contributed by atoms with Gasteiger partial charge >= 0.3 is 0 Å². The van der Waals surface area contributed by atoms with Crippen LogP contribution in [0.2, 0.25) is 0 Å². The molecule has 4 nitrogen and oxygen atoms in total. The zero-order valence-corrected chi connectivity index (χ0v) is 15.6. The van der Waals surface area contributed by atoms with Gasteiger partial charge < -0.3 is 5.32 Å². The summed E-state index contributed by atoms with van der Waals surface area (Å²) in [6.45, 7) is 1.98. The molecule has 0 saturated carbocycles. The predicted octanol–water partition coefficient (Wildman–Crippen LogP) is 5.40. The summed E-state index contributed by atoms with van der Waals surface area (Å²) in [6, 6.07) is 17.7. The summed E-state index contributed by atoms with van der Waals surface area (Å²) in [7, 11) is 0. The van der Waals surface area contributed by atoms with E-state index in [-0.39, 0.29) is 5.91 Å². The summed E-state index contributed by atoms with van der Waals surface area (Å²) in [4.78, 5) is 22.8. The molecule has 2 heterocycles. The number of anilines is 1. The second kappa shape index (κ2) is 7.27. The number of amides is 1. The number of hydrogen-bond donors (Lipinski definition) is 1. The Labute approximate surface area is 159 Å². The molecule has 26 heavy (non-hydrogen) atoms. The molecule has 0 aliphatic heterocycles. The van der Waals surface area contributed by atoms with Crippen LogP contribution in [0, 0.1) is 6.92 Å². The van der Waals surface area contributed by atoms with Crippen LogP contribution in [-0.2, 0) is 0 Å². The molecule has 1 amide bonds. The lowest BCUT2D eigenvalue weighted by Crippen LogP contribution is -2.11. The first kappa shape index (κ1) is 16.8. The molecule has 0 bridgehead atoms. The molecule has 1 N–H and O–H groups in total. The van der Waals surface area contributed by atoms with E-state index in [1.165, 1.54) is 23.1 Å². The molecule has 128 valence electrons. The Hall–Kier alpha value is -2.70. The fraction of sp³-hybridized carbons (Fsp3) is 0.0500. The maximum Gasteiger partial charge on any atom is 0.265 e. The molecule has 0 unspecified atom stereocenters. The highest BCUT2D eigenvalue weighted by Crippen LogP contribution is 2.29. The van der Waals surface area contributed by atoms with Crippen molar-refractivity contribution in [1.82, 2.24) is 9.97 Å². The van der Waals surface area contributed by atoms with E-state index >= 15 is 0 Å². The maximum atomic E-state index is 12.6. The average molecular weight is 377 g/mol. The SMILES string of the molecule is Cc1cc(Sc2ncccn2)ccc1NC(=O)c1cc2ccccc2s1.